The molecule has 0 spiro atoms. The zero-order valence-corrected chi connectivity index (χ0v) is 12.8. The molecule has 0 aliphatic heterocycles. The molecule has 1 aliphatic rings. The van der Waals surface area contributed by atoms with Crippen LogP contribution >= 0.6 is 0 Å². The van der Waals surface area contributed by atoms with Gasteiger partial charge in [0.2, 0.25) is 0 Å². The van der Waals surface area contributed by atoms with Gasteiger partial charge in [0.15, 0.2) is 0 Å². The zero-order chi connectivity index (χ0) is 12.3. The van der Waals surface area contributed by atoms with Crippen LogP contribution in [0.2, 0.25) is 11.4 Å². The minimum absolute atomic E-state index is 0.0437. The molecule has 0 radical (unpaired) electrons. The molecule has 94 valence electrons. The second-order valence-corrected chi connectivity index (χ2v) is 10.7. The van der Waals surface area contributed by atoms with Crippen molar-refractivity contribution in [3.05, 3.63) is 35.4 Å². The maximum absolute atomic E-state index is 9.52. The molecule has 1 aliphatic carbocycles. The Labute approximate surface area is 110 Å². The van der Waals surface area contributed by atoms with Crippen molar-refractivity contribution in [3.8, 4) is 0 Å². The Morgan fingerprint density at radius 1 is 1.06 bits per heavy atom. The molecule has 2 rings (SSSR count). The van der Waals surface area contributed by atoms with Gasteiger partial charge in [-0.25, -0.2) is 0 Å². The van der Waals surface area contributed by atoms with Crippen molar-refractivity contribution in [1.29, 1.82) is 0 Å². The summed E-state index contributed by atoms with van der Waals surface area (Å²) in [7, 11) is 0. The van der Waals surface area contributed by atoms with Gasteiger partial charge in [-0.15, -0.1) is 0 Å². The van der Waals surface area contributed by atoms with E-state index in [0.717, 1.165) is 25.7 Å². The second-order valence-electron chi connectivity index (χ2n) is 5.48. The monoisotopic (exact) mass is 294 g/mol. The standard InChI is InChI=1S/C15H23AsO/c1-16(2)11-12-3-5-13(6-4-12)14-7-9-15(17)10-8-14/h3-6,14-15,17H,7-11H2,1-2H3/t14-,15-. The normalized spacial score (nSPS) is 25.2. The fourth-order valence-electron chi connectivity index (χ4n) is 2.67. The summed E-state index contributed by atoms with van der Waals surface area (Å²) >= 11 is -0.549. The van der Waals surface area contributed by atoms with Gasteiger partial charge in [-0.2, -0.15) is 0 Å². The zero-order valence-electron chi connectivity index (χ0n) is 10.9. The van der Waals surface area contributed by atoms with Crippen molar-refractivity contribution in [1.82, 2.24) is 0 Å². The first kappa shape index (κ1) is 13.2. The predicted molar refractivity (Wildman–Crippen MR) is 74.8 cm³/mol. The van der Waals surface area contributed by atoms with Crippen molar-refractivity contribution < 1.29 is 5.11 Å². The number of aliphatic hydroxyl groups excluding tert-OH is 1. The third-order valence-corrected chi connectivity index (χ3v) is 5.74. The van der Waals surface area contributed by atoms with E-state index in [1.54, 1.807) is 0 Å². The van der Waals surface area contributed by atoms with Crippen LogP contribution in [0.4, 0.5) is 0 Å². The molecule has 0 amide bonds. The molecule has 1 N–H and O–H groups in total. The van der Waals surface area contributed by atoms with Gasteiger partial charge >= 0.3 is 109 Å². The summed E-state index contributed by atoms with van der Waals surface area (Å²) < 4.78 is 0. The summed E-state index contributed by atoms with van der Waals surface area (Å²) in [5, 5.41) is 10.8. The third-order valence-electron chi connectivity index (χ3n) is 3.65. The summed E-state index contributed by atoms with van der Waals surface area (Å²) in [5.41, 5.74) is 7.80. The average molecular weight is 294 g/mol. The van der Waals surface area contributed by atoms with E-state index >= 15 is 0 Å². The van der Waals surface area contributed by atoms with Gasteiger partial charge in [0, 0.05) is 0 Å². The Bertz CT molecular complexity index is 336. The summed E-state index contributed by atoms with van der Waals surface area (Å²) in [4.78, 5) is 0. The number of hydrogen-bond donors (Lipinski definition) is 1. The average Bonchev–Trinajstić information content (AvgIpc) is 2.30. The van der Waals surface area contributed by atoms with E-state index in [-0.39, 0.29) is 6.10 Å². The van der Waals surface area contributed by atoms with E-state index in [1.807, 2.05) is 0 Å². The van der Waals surface area contributed by atoms with Crippen molar-refractivity contribution in [3.63, 3.8) is 0 Å². The Morgan fingerprint density at radius 3 is 2.18 bits per heavy atom. The minimum atomic E-state index is -0.549. The van der Waals surface area contributed by atoms with Crippen LogP contribution < -0.4 is 0 Å². The Morgan fingerprint density at radius 2 is 1.65 bits per heavy atom. The van der Waals surface area contributed by atoms with E-state index < -0.39 is 14.7 Å². The fraction of sp³-hybridized carbons (Fsp3) is 0.600. The van der Waals surface area contributed by atoms with Gasteiger partial charge in [0.05, 0.1) is 0 Å². The second kappa shape index (κ2) is 6.07. The maximum atomic E-state index is 9.52. The Kier molecular flexibility index (Phi) is 4.70. The van der Waals surface area contributed by atoms with Crippen LogP contribution in [0.5, 0.6) is 0 Å². The quantitative estimate of drug-likeness (QED) is 0.845. The molecule has 0 aromatic heterocycles. The van der Waals surface area contributed by atoms with Gasteiger partial charge in [0.1, 0.15) is 0 Å². The number of aliphatic hydroxyl groups is 1. The molecule has 1 saturated carbocycles. The van der Waals surface area contributed by atoms with E-state index in [9.17, 15) is 5.11 Å². The van der Waals surface area contributed by atoms with Crippen LogP contribution in [-0.4, -0.2) is 25.9 Å². The molecule has 0 saturated heterocycles. The summed E-state index contributed by atoms with van der Waals surface area (Å²) in [6.45, 7) is 0. The van der Waals surface area contributed by atoms with Gasteiger partial charge in [-0.1, -0.05) is 0 Å². The molecule has 0 heterocycles. The van der Waals surface area contributed by atoms with Crippen LogP contribution in [-0.2, 0) is 5.21 Å². The Balaban J connectivity index is 1.97. The molecule has 1 aromatic rings. The SMILES string of the molecule is C[As](C)Cc1ccc([C@H]2CC[C@H](O)CC2)cc1. The molecule has 2 heteroatoms. The topological polar surface area (TPSA) is 20.2 Å². The van der Waals surface area contributed by atoms with Crippen molar-refractivity contribution in [2.75, 3.05) is 0 Å². The van der Waals surface area contributed by atoms with E-state index in [4.69, 9.17) is 0 Å². The molecule has 17 heavy (non-hydrogen) atoms. The van der Waals surface area contributed by atoms with Crippen LogP contribution in [0, 0.1) is 0 Å². The first-order chi connectivity index (χ1) is 8.15. The molecular weight excluding hydrogens is 271 g/mol. The van der Waals surface area contributed by atoms with Crippen LogP contribution in [0.1, 0.15) is 42.7 Å². The number of hydrogen-bond acceptors (Lipinski definition) is 1. The molecule has 1 nitrogen and oxygen atoms in total. The van der Waals surface area contributed by atoms with Crippen molar-refractivity contribution in [2.45, 2.75) is 54.3 Å². The molecule has 0 unspecified atom stereocenters. The summed E-state index contributed by atoms with van der Waals surface area (Å²) in [6.07, 6.45) is 4.22. The molecule has 1 fully saturated rings. The first-order valence-electron chi connectivity index (χ1n) is 6.57. The number of rotatable bonds is 3. The fourth-order valence-corrected chi connectivity index (χ4v) is 4.64. The van der Waals surface area contributed by atoms with Crippen LogP contribution in [0.25, 0.3) is 0 Å². The predicted octanol–water partition coefficient (Wildman–Crippen LogP) is 3.54. The summed E-state index contributed by atoms with van der Waals surface area (Å²) in [6, 6.07) is 9.26. The summed E-state index contributed by atoms with van der Waals surface area (Å²) in [5.74, 6) is 0.685. The first-order valence-corrected chi connectivity index (χ1v) is 11.6. The van der Waals surface area contributed by atoms with Crippen molar-refractivity contribution >= 4 is 14.7 Å². The molecular formula is C15H23AsO. The van der Waals surface area contributed by atoms with Gasteiger partial charge in [0.25, 0.3) is 0 Å². The van der Waals surface area contributed by atoms with E-state index in [2.05, 4.69) is 35.7 Å². The van der Waals surface area contributed by atoms with Gasteiger partial charge < -0.3 is 0 Å². The third kappa shape index (κ3) is 3.86. The van der Waals surface area contributed by atoms with E-state index in [0.29, 0.717) is 5.92 Å². The van der Waals surface area contributed by atoms with Crippen molar-refractivity contribution in [2.24, 2.45) is 0 Å². The van der Waals surface area contributed by atoms with Gasteiger partial charge in [-0.3, -0.25) is 0 Å². The molecule has 0 atom stereocenters. The molecule has 0 bridgehead atoms. The van der Waals surface area contributed by atoms with Gasteiger partial charge in [-0.05, 0) is 0 Å². The molecule has 1 aromatic carbocycles. The van der Waals surface area contributed by atoms with E-state index in [1.165, 1.54) is 16.3 Å². The van der Waals surface area contributed by atoms with Crippen LogP contribution in [0.3, 0.4) is 0 Å². The van der Waals surface area contributed by atoms with Crippen LogP contribution in [0.15, 0.2) is 24.3 Å². The number of benzene rings is 1. The Hall–Kier alpha value is -0.262.